The van der Waals surface area contributed by atoms with Crippen LogP contribution in [0.5, 0.6) is 0 Å². The van der Waals surface area contributed by atoms with Crippen LogP contribution in [0.25, 0.3) is 22.4 Å². The predicted octanol–water partition coefficient (Wildman–Crippen LogP) is 7.52. The highest BCUT2D eigenvalue weighted by Gasteiger charge is 2.58. The number of imidazole rings is 2. The number of amides is 4. The van der Waals surface area contributed by atoms with Gasteiger partial charge in [-0.05, 0) is 109 Å². The van der Waals surface area contributed by atoms with Gasteiger partial charge in [-0.1, -0.05) is 77.0 Å². The number of ether oxygens (including phenoxy) is 2. The molecule has 3 aromatic rings. The topological polar surface area (TPSA) is 175 Å². The monoisotopic (exact) mass is 846 g/mol. The molecule has 2 aliphatic heterocycles. The van der Waals surface area contributed by atoms with Crippen molar-refractivity contribution >= 4 is 35.1 Å². The van der Waals surface area contributed by atoms with Crippen LogP contribution in [0.3, 0.4) is 0 Å². The molecule has 0 spiro atoms. The molecule has 330 valence electrons. The minimum Gasteiger partial charge on any atom is -0.453 e. The third kappa shape index (κ3) is 7.10. The first-order chi connectivity index (χ1) is 29.8. The molecule has 6 aliphatic rings. The molecule has 4 amide bonds. The number of benzene rings is 1. The smallest absolute Gasteiger partial charge is 0.407 e. The molecule has 62 heavy (non-hydrogen) atoms. The fourth-order valence-corrected chi connectivity index (χ4v) is 12.1. The summed E-state index contributed by atoms with van der Waals surface area (Å²) in [5.74, 6) is 2.82. The summed E-state index contributed by atoms with van der Waals surface area (Å²) in [6.07, 6.45) is 17.3. The second kappa shape index (κ2) is 16.4. The molecule has 2 aromatic heterocycles. The van der Waals surface area contributed by atoms with E-state index in [1.54, 1.807) is 0 Å². The van der Waals surface area contributed by atoms with Gasteiger partial charge in [-0.2, -0.15) is 0 Å². The average molecular weight is 847 g/mol. The molecule has 4 bridgehead atoms. The number of carbonyl (C=O) groups is 4. The summed E-state index contributed by atoms with van der Waals surface area (Å²) in [6.45, 7) is 9.09. The van der Waals surface area contributed by atoms with Crippen molar-refractivity contribution in [2.24, 2.45) is 35.5 Å². The third-order valence-corrected chi connectivity index (χ3v) is 15.3. The summed E-state index contributed by atoms with van der Waals surface area (Å²) >= 11 is 0. The number of nitrogens with zero attached hydrogens (tertiary/aromatic N) is 4. The molecule has 3 unspecified atom stereocenters. The lowest BCUT2D eigenvalue weighted by Gasteiger charge is -2.40. The summed E-state index contributed by atoms with van der Waals surface area (Å²) in [4.78, 5) is 73.8. The molecule has 4 heterocycles. The Morgan fingerprint density at radius 2 is 1.11 bits per heavy atom. The molecule has 14 nitrogen and oxygen atoms in total. The summed E-state index contributed by atoms with van der Waals surface area (Å²) < 4.78 is 9.72. The van der Waals surface area contributed by atoms with Crippen LogP contribution in [0, 0.1) is 35.5 Å². The standard InChI is InChI=1S/C48H62N8O6/c1-27(2)39(53-45(59)61-5)41(57)55-25-29-17-19-47(55,21-29)43-49-23-37(51-43)32-13-11-31(12-14-32)33-15-16-36(35-10-8-7-9-34(33)35)38-24-50-44(52-38)48-20-18-30(22-48)26-56(48)42(58)40(28(3)4)54-46(60)62-6/h11-16,23-24,27-30,34-35,39-40H,7-10,17-22,25-26H2,1-6H3,(H,49,51)(H,50,52)(H,53,59)(H,54,60)/t29-,30-,34?,35?,39-,40-,47?,48+/m0/s1. The van der Waals surface area contributed by atoms with Crippen molar-refractivity contribution in [3.05, 3.63) is 71.7 Å². The maximum Gasteiger partial charge on any atom is 0.407 e. The van der Waals surface area contributed by atoms with Crippen LogP contribution in [0.4, 0.5) is 9.59 Å². The fourth-order valence-electron chi connectivity index (χ4n) is 12.1. The molecule has 8 atom stereocenters. The number of allylic oxidation sites excluding steroid dienone is 4. The van der Waals surface area contributed by atoms with Crippen molar-refractivity contribution in [3.63, 3.8) is 0 Å². The number of nitrogens with one attached hydrogen (secondary N) is 4. The number of hydrogen-bond acceptors (Lipinski definition) is 8. The first-order valence-corrected chi connectivity index (χ1v) is 22.8. The number of hydrogen-bond donors (Lipinski definition) is 4. The Morgan fingerprint density at radius 3 is 1.60 bits per heavy atom. The molecule has 2 saturated heterocycles. The van der Waals surface area contributed by atoms with Crippen LogP contribution < -0.4 is 10.6 Å². The molecule has 3 saturated carbocycles. The van der Waals surface area contributed by atoms with E-state index in [0.717, 1.165) is 80.0 Å². The van der Waals surface area contributed by atoms with Crippen LogP contribution in [-0.4, -0.2) is 93.1 Å². The second-order valence-electron chi connectivity index (χ2n) is 19.5. The van der Waals surface area contributed by atoms with E-state index in [4.69, 9.17) is 19.4 Å². The number of H-pyrrole nitrogens is 2. The van der Waals surface area contributed by atoms with Gasteiger partial charge in [0, 0.05) is 13.1 Å². The number of alkyl carbamates (subject to hydrolysis) is 2. The highest BCUT2D eigenvalue weighted by atomic mass is 16.5. The Labute approximate surface area is 364 Å². The van der Waals surface area contributed by atoms with Crippen LogP contribution in [0.2, 0.25) is 0 Å². The number of likely N-dealkylation sites (tertiary alicyclic amines) is 2. The number of fused-ring (bicyclic) bond motifs is 5. The van der Waals surface area contributed by atoms with Gasteiger partial charge in [0.15, 0.2) is 0 Å². The summed E-state index contributed by atoms with van der Waals surface area (Å²) in [5, 5.41) is 5.57. The zero-order valence-corrected chi connectivity index (χ0v) is 37.0. The predicted molar refractivity (Wildman–Crippen MR) is 234 cm³/mol. The quantitative estimate of drug-likeness (QED) is 0.153. The Morgan fingerprint density at radius 1 is 0.661 bits per heavy atom. The van der Waals surface area contributed by atoms with E-state index in [2.05, 4.69) is 57.0 Å². The molecule has 4 aliphatic carbocycles. The van der Waals surface area contributed by atoms with E-state index in [-0.39, 0.29) is 23.7 Å². The fraction of sp³-hybridized carbons (Fsp3) is 0.583. The molecule has 9 rings (SSSR count). The van der Waals surface area contributed by atoms with Crippen molar-refractivity contribution < 1.29 is 28.7 Å². The van der Waals surface area contributed by atoms with Crippen molar-refractivity contribution in [3.8, 4) is 11.3 Å². The van der Waals surface area contributed by atoms with E-state index in [0.29, 0.717) is 36.8 Å². The molecular formula is C48H62N8O6. The van der Waals surface area contributed by atoms with Gasteiger partial charge in [-0.15, -0.1) is 0 Å². The first-order valence-electron chi connectivity index (χ1n) is 22.8. The number of carbonyl (C=O) groups excluding carboxylic acids is 4. The molecule has 4 N–H and O–H groups in total. The van der Waals surface area contributed by atoms with Gasteiger partial charge >= 0.3 is 12.2 Å². The van der Waals surface area contributed by atoms with E-state index in [9.17, 15) is 19.2 Å². The average Bonchev–Trinajstić information content (AvgIpc) is 4.16. The number of aromatic nitrogens is 4. The molecular weight excluding hydrogens is 785 g/mol. The summed E-state index contributed by atoms with van der Waals surface area (Å²) in [5.41, 5.74) is 5.78. The van der Waals surface area contributed by atoms with E-state index >= 15 is 0 Å². The maximum atomic E-state index is 14.1. The van der Waals surface area contributed by atoms with Gasteiger partial charge in [-0.25, -0.2) is 19.6 Å². The van der Waals surface area contributed by atoms with Crippen LogP contribution in [0.15, 0.2) is 48.8 Å². The zero-order valence-electron chi connectivity index (χ0n) is 37.0. The molecule has 0 radical (unpaired) electrons. The molecule has 1 aromatic carbocycles. The SMILES string of the molecule is COC(=O)N[C@H](C(=O)N1C[C@H]2CCC1(c1ncc(-c3ccc(C4=CC=C(c5cnc([C@]67CC[C@H](CN6C(=O)[C@@H](NC(=O)OC)C(C)C)C7)[nH]5)C5CCCCC45)cc3)[nH]1)C2)C(C)C. The van der Waals surface area contributed by atoms with Gasteiger partial charge in [0.25, 0.3) is 0 Å². The van der Waals surface area contributed by atoms with Gasteiger partial charge in [0.05, 0.1) is 38.0 Å². The first kappa shape index (κ1) is 41.9. The highest BCUT2D eigenvalue weighted by molar-refractivity contribution is 5.88. The Bertz CT molecular complexity index is 2280. The number of piperidine rings is 2. The van der Waals surface area contributed by atoms with Gasteiger partial charge in [0.1, 0.15) is 34.8 Å². The van der Waals surface area contributed by atoms with Crippen molar-refractivity contribution in [1.82, 2.24) is 40.4 Å². The number of methoxy groups -OCH3 is 2. The van der Waals surface area contributed by atoms with Gasteiger partial charge in [-0.3, -0.25) is 9.59 Å². The minimum atomic E-state index is -0.682. The summed E-state index contributed by atoms with van der Waals surface area (Å²) in [7, 11) is 2.64. The van der Waals surface area contributed by atoms with Gasteiger partial charge in [0.2, 0.25) is 11.8 Å². The lowest BCUT2D eigenvalue weighted by molar-refractivity contribution is -0.141. The lowest BCUT2D eigenvalue weighted by atomic mass is 9.67. The third-order valence-electron chi connectivity index (χ3n) is 15.3. The van der Waals surface area contributed by atoms with E-state index in [1.165, 1.54) is 43.8 Å². The maximum absolute atomic E-state index is 14.1. The Balaban J connectivity index is 0.947. The minimum absolute atomic E-state index is 0.0772. The number of aromatic amines is 2. The van der Waals surface area contributed by atoms with Crippen LogP contribution >= 0.6 is 0 Å². The number of rotatable bonds is 11. The van der Waals surface area contributed by atoms with Gasteiger partial charge < -0.3 is 39.9 Å². The lowest BCUT2D eigenvalue weighted by Crippen LogP contribution is -2.56. The van der Waals surface area contributed by atoms with Crippen molar-refractivity contribution in [1.29, 1.82) is 0 Å². The Kier molecular flexibility index (Phi) is 11.1. The largest absolute Gasteiger partial charge is 0.453 e. The summed E-state index contributed by atoms with van der Waals surface area (Å²) in [6, 6.07) is 7.42. The second-order valence-corrected chi connectivity index (χ2v) is 19.5. The van der Waals surface area contributed by atoms with E-state index < -0.39 is 35.3 Å². The van der Waals surface area contributed by atoms with Crippen molar-refractivity contribution in [2.45, 2.75) is 115 Å². The van der Waals surface area contributed by atoms with Crippen LogP contribution in [-0.2, 0) is 30.1 Å². The van der Waals surface area contributed by atoms with Crippen LogP contribution in [0.1, 0.15) is 115 Å². The zero-order chi connectivity index (χ0) is 43.5. The molecule has 5 fully saturated rings. The molecule has 14 heteroatoms. The van der Waals surface area contributed by atoms with Crippen molar-refractivity contribution in [2.75, 3.05) is 27.3 Å². The highest BCUT2D eigenvalue weighted by Crippen LogP contribution is 2.55. The Hall–Kier alpha value is -5.40. The normalized spacial score (nSPS) is 28.4. The van der Waals surface area contributed by atoms with E-state index in [1.807, 2.05) is 49.9 Å².